The topological polar surface area (TPSA) is 16.1 Å². The molecule has 2 nitrogen and oxygen atoms in total. The number of piperidine rings is 1. The predicted molar refractivity (Wildman–Crippen MR) is 62.8 cm³/mol. The molecule has 15 heavy (non-hydrogen) atoms. The van der Waals surface area contributed by atoms with Gasteiger partial charge in [-0.1, -0.05) is 6.42 Å². The van der Waals surface area contributed by atoms with E-state index in [1.807, 2.05) is 12.4 Å². The molecule has 0 radical (unpaired) electrons. The molecule has 2 rings (SSSR count). The van der Waals surface area contributed by atoms with Crippen molar-refractivity contribution in [2.24, 2.45) is 0 Å². The van der Waals surface area contributed by atoms with Crippen LogP contribution >= 0.6 is 0 Å². The first kappa shape index (κ1) is 10.6. The SMILES string of the molecule is c1cc(CCCN2CCCCC2)ccn1. The molecule has 2 heterocycles. The summed E-state index contributed by atoms with van der Waals surface area (Å²) in [7, 11) is 0. The zero-order valence-corrected chi connectivity index (χ0v) is 9.36. The fraction of sp³-hybridized carbons (Fsp3) is 0.615. The van der Waals surface area contributed by atoms with Gasteiger partial charge < -0.3 is 4.90 Å². The minimum absolute atomic E-state index is 1.19. The maximum absolute atomic E-state index is 4.03. The van der Waals surface area contributed by atoms with Gasteiger partial charge in [0.2, 0.25) is 0 Å². The molecule has 0 saturated carbocycles. The number of aromatic nitrogens is 1. The van der Waals surface area contributed by atoms with Crippen LogP contribution in [0.3, 0.4) is 0 Å². The standard InChI is InChI=1S/C13H20N2/c1-2-10-15(11-3-1)12-4-5-13-6-8-14-9-7-13/h6-9H,1-5,10-12H2. The third-order valence-electron chi connectivity index (χ3n) is 3.14. The number of rotatable bonds is 4. The van der Waals surface area contributed by atoms with E-state index in [0.717, 1.165) is 0 Å². The Balaban J connectivity index is 1.66. The summed E-state index contributed by atoms with van der Waals surface area (Å²) in [6.45, 7) is 3.90. The Bertz CT molecular complexity index is 265. The molecular weight excluding hydrogens is 184 g/mol. The van der Waals surface area contributed by atoms with Crippen molar-refractivity contribution in [1.82, 2.24) is 9.88 Å². The van der Waals surface area contributed by atoms with Crippen LogP contribution in [0.1, 0.15) is 31.2 Å². The van der Waals surface area contributed by atoms with E-state index in [9.17, 15) is 0 Å². The zero-order valence-electron chi connectivity index (χ0n) is 9.36. The second-order valence-corrected chi connectivity index (χ2v) is 4.36. The molecule has 1 aromatic heterocycles. The van der Waals surface area contributed by atoms with Gasteiger partial charge in [-0.05, 0) is 63.0 Å². The molecule has 0 aliphatic carbocycles. The molecular formula is C13H20N2. The van der Waals surface area contributed by atoms with Crippen molar-refractivity contribution in [3.05, 3.63) is 30.1 Å². The number of pyridine rings is 1. The molecule has 1 aliphatic rings. The molecule has 1 fully saturated rings. The smallest absolute Gasteiger partial charge is 0.0270 e. The summed E-state index contributed by atoms with van der Waals surface area (Å²) in [4.78, 5) is 6.63. The second-order valence-electron chi connectivity index (χ2n) is 4.36. The van der Waals surface area contributed by atoms with E-state index in [1.165, 1.54) is 57.3 Å². The Morgan fingerprint density at radius 2 is 1.80 bits per heavy atom. The van der Waals surface area contributed by atoms with Crippen molar-refractivity contribution < 1.29 is 0 Å². The minimum atomic E-state index is 1.19. The number of aryl methyl sites for hydroxylation is 1. The summed E-state index contributed by atoms with van der Waals surface area (Å²) in [6, 6.07) is 4.24. The molecule has 0 atom stereocenters. The van der Waals surface area contributed by atoms with E-state index in [-0.39, 0.29) is 0 Å². The van der Waals surface area contributed by atoms with Crippen LogP contribution in [-0.2, 0) is 6.42 Å². The fourth-order valence-electron chi connectivity index (χ4n) is 2.24. The summed E-state index contributed by atoms with van der Waals surface area (Å²) in [5, 5.41) is 0. The van der Waals surface area contributed by atoms with Gasteiger partial charge in [-0.3, -0.25) is 4.98 Å². The molecule has 1 aromatic rings. The Morgan fingerprint density at radius 3 is 2.53 bits per heavy atom. The first-order valence-corrected chi connectivity index (χ1v) is 6.06. The van der Waals surface area contributed by atoms with Gasteiger partial charge in [-0.15, -0.1) is 0 Å². The van der Waals surface area contributed by atoms with Crippen LogP contribution in [0.2, 0.25) is 0 Å². The van der Waals surface area contributed by atoms with Crippen LogP contribution in [0.15, 0.2) is 24.5 Å². The Labute approximate surface area is 92.3 Å². The molecule has 0 spiro atoms. The molecule has 0 aromatic carbocycles. The average Bonchev–Trinajstić information content (AvgIpc) is 2.32. The molecule has 2 heteroatoms. The maximum atomic E-state index is 4.03. The van der Waals surface area contributed by atoms with E-state index in [0.29, 0.717) is 0 Å². The maximum Gasteiger partial charge on any atom is 0.0270 e. The molecule has 0 unspecified atom stereocenters. The zero-order chi connectivity index (χ0) is 10.3. The van der Waals surface area contributed by atoms with E-state index < -0.39 is 0 Å². The van der Waals surface area contributed by atoms with Gasteiger partial charge >= 0.3 is 0 Å². The highest BCUT2D eigenvalue weighted by Crippen LogP contribution is 2.10. The first-order chi connectivity index (χ1) is 7.45. The van der Waals surface area contributed by atoms with Crippen molar-refractivity contribution in [3.8, 4) is 0 Å². The molecule has 1 aliphatic heterocycles. The molecule has 1 saturated heterocycles. The summed E-state index contributed by atoms with van der Waals surface area (Å²) < 4.78 is 0. The third kappa shape index (κ3) is 3.63. The Hall–Kier alpha value is -0.890. The Morgan fingerprint density at radius 1 is 1.07 bits per heavy atom. The van der Waals surface area contributed by atoms with Crippen LogP contribution < -0.4 is 0 Å². The number of likely N-dealkylation sites (tertiary alicyclic amines) is 1. The molecule has 0 N–H and O–H groups in total. The molecule has 0 bridgehead atoms. The van der Waals surface area contributed by atoms with Gasteiger partial charge in [0.1, 0.15) is 0 Å². The van der Waals surface area contributed by atoms with Crippen LogP contribution in [0.25, 0.3) is 0 Å². The molecule has 0 amide bonds. The van der Waals surface area contributed by atoms with Crippen LogP contribution in [0, 0.1) is 0 Å². The predicted octanol–water partition coefficient (Wildman–Crippen LogP) is 2.50. The van der Waals surface area contributed by atoms with Crippen molar-refractivity contribution in [1.29, 1.82) is 0 Å². The highest BCUT2D eigenvalue weighted by atomic mass is 15.1. The number of hydrogen-bond donors (Lipinski definition) is 0. The monoisotopic (exact) mass is 204 g/mol. The lowest BCUT2D eigenvalue weighted by Gasteiger charge is -2.26. The minimum Gasteiger partial charge on any atom is -0.303 e. The van der Waals surface area contributed by atoms with Gasteiger partial charge in [0.15, 0.2) is 0 Å². The van der Waals surface area contributed by atoms with E-state index >= 15 is 0 Å². The van der Waals surface area contributed by atoms with E-state index in [2.05, 4.69) is 22.0 Å². The summed E-state index contributed by atoms with van der Waals surface area (Å²) in [6.07, 6.45) is 10.5. The lowest BCUT2D eigenvalue weighted by molar-refractivity contribution is 0.226. The third-order valence-corrected chi connectivity index (χ3v) is 3.14. The van der Waals surface area contributed by atoms with Gasteiger partial charge in [0.25, 0.3) is 0 Å². The van der Waals surface area contributed by atoms with Crippen molar-refractivity contribution in [3.63, 3.8) is 0 Å². The normalized spacial score (nSPS) is 17.9. The highest BCUT2D eigenvalue weighted by molar-refractivity contribution is 5.09. The quantitative estimate of drug-likeness (QED) is 0.749. The average molecular weight is 204 g/mol. The summed E-state index contributed by atoms with van der Waals surface area (Å²) in [5.41, 5.74) is 1.42. The first-order valence-electron chi connectivity index (χ1n) is 6.06. The number of hydrogen-bond acceptors (Lipinski definition) is 2. The van der Waals surface area contributed by atoms with Gasteiger partial charge in [0, 0.05) is 12.4 Å². The van der Waals surface area contributed by atoms with E-state index in [1.54, 1.807) is 0 Å². The van der Waals surface area contributed by atoms with Crippen molar-refractivity contribution >= 4 is 0 Å². The van der Waals surface area contributed by atoms with Gasteiger partial charge in [-0.2, -0.15) is 0 Å². The molecule has 82 valence electrons. The summed E-state index contributed by atoms with van der Waals surface area (Å²) in [5.74, 6) is 0. The van der Waals surface area contributed by atoms with Crippen LogP contribution in [0.5, 0.6) is 0 Å². The highest BCUT2D eigenvalue weighted by Gasteiger charge is 2.08. The van der Waals surface area contributed by atoms with Crippen molar-refractivity contribution in [2.75, 3.05) is 19.6 Å². The van der Waals surface area contributed by atoms with Crippen LogP contribution in [0.4, 0.5) is 0 Å². The van der Waals surface area contributed by atoms with Gasteiger partial charge in [0.05, 0.1) is 0 Å². The second kappa shape index (κ2) is 5.86. The summed E-state index contributed by atoms with van der Waals surface area (Å²) >= 11 is 0. The largest absolute Gasteiger partial charge is 0.303 e. The van der Waals surface area contributed by atoms with E-state index in [4.69, 9.17) is 0 Å². The van der Waals surface area contributed by atoms with Gasteiger partial charge in [-0.25, -0.2) is 0 Å². The number of nitrogens with zero attached hydrogens (tertiary/aromatic N) is 2. The Kier molecular flexibility index (Phi) is 4.15. The van der Waals surface area contributed by atoms with Crippen LogP contribution in [-0.4, -0.2) is 29.5 Å². The lowest BCUT2D eigenvalue weighted by Crippen LogP contribution is -2.30. The van der Waals surface area contributed by atoms with Crippen molar-refractivity contribution in [2.45, 2.75) is 32.1 Å². The lowest BCUT2D eigenvalue weighted by atomic mass is 10.1. The fourth-order valence-corrected chi connectivity index (χ4v) is 2.24.